The number of halogens is 1. The Morgan fingerprint density at radius 3 is 2.64 bits per heavy atom. The van der Waals surface area contributed by atoms with Crippen LogP contribution in [0.5, 0.6) is 0 Å². The van der Waals surface area contributed by atoms with Crippen molar-refractivity contribution in [2.45, 2.75) is 4.90 Å². The Bertz CT molecular complexity index is 447. The predicted molar refractivity (Wildman–Crippen MR) is 51.7 cm³/mol. The highest BCUT2D eigenvalue weighted by molar-refractivity contribution is 7.91. The van der Waals surface area contributed by atoms with Crippen molar-refractivity contribution < 1.29 is 8.42 Å². The number of nitriles is 1. The topological polar surface area (TPSA) is 70.8 Å². The summed E-state index contributed by atoms with van der Waals surface area (Å²) < 4.78 is 22.8. The summed E-state index contributed by atoms with van der Waals surface area (Å²) in [7, 11) is -3.34. The fourth-order valence-corrected chi connectivity index (χ4v) is 2.39. The van der Waals surface area contributed by atoms with Gasteiger partial charge >= 0.3 is 0 Å². The first-order valence-corrected chi connectivity index (χ1v) is 5.93. The van der Waals surface area contributed by atoms with Gasteiger partial charge in [0, 0.05) is 12.1 Å². The van der Waals surface area contributed by atoms with Crippen LogP contribution < -0.4 is 0 Å². The van der Waals surface area contributed by atoms with Crippen molar-refractivity contribution in [3.05, 3.63) is 24.0 Å². The number of hydrogen-bond donors (Lipinski definition) is 0. The molecule has 1 aromatic rings. The lowest BCUT2D eigenvalue weighted by Crippen LogP contribution is -2.08. The van der Waals surface area contributed by atoms with Gasteiger partial charge in [-0.1, -0.05) is 0 Å². The number of aromatic nitrogens is 1. The fourth-order valence-electron chi connectivity index (χ4n) is 0.850. The van der Waals surface area contributed by atoms with Gasteiger partial charge < -0.3 is 0 Å². The van der Waals surface area contributed by atoms with Crippen LogP contribution >= 0.6 is 11.6 Å². The van der Waals surface area contributed by atoms with Gasteiger partial charge in [-0.15, -0.1) is 11.6 Å². The summed E-state index contributed by atoms with van der Waals surface area (Å²) >= 11 is 5.34. The van der Waals surface area contributed by atoms with Crippen LogP contribution in [0.25, 0.3) is 0 Å². The Morgan fingerprint density at radius 2 is 2.21 bits per heavy atom. The molecule has 0 aliphatic carbocycles. The number of pyridine rings is 1. The Balaban J connectivity index is 3.05. The van der Waals surface area contributed by atoms with E-state index < -0.39 is 9.84 Å². The third kappa shape index (κ3) is 2.44. The quantitative estimate of drug-likeness (QED) is 0.726. The number of rotatable bonds is 3. The van der Waals surface area contributed by atoms with Crippen LogP contribution in [0.15, 0.2) is 23.2 Å². The molecule has 0 N–H and O–H groups in total. The maximum atomic E-state index is 11.4. The van der Waals surface area contributed by atoms with Crippen LogP contribution in [0.1, 0.15) is 5.69 Å². The van der Waals surface area contributed by atoms with E-state index in [9.17, 15) is 8.42 Å². The molecule has 0 radical (unpaired) electrons. The lowest BCUT2D eigenvalue weighted by Gasteiger charge is -2.00. The second kappa shape index (κ2) is 4.40. The first kappa shape index (κ1) is 11.0. The van der Waals surface area contributed by atoms with Gasteiger partial charge in [0.2, 0.25) is 0 Å². The van der Waals surface area contributed by atoms with Gasteiger partial charge in [-0.25, -0.2) is 13.4 Å². The van der Waals surface area contributed by atoms with Crippen molar-refractivity contribution >= 4 is 21.4 Å². The van der Waals surface area contributed by atoms with E-state index in [1.807, 2.05) is 0 Å². The Morgan fingerprint density at radius 1 is 1.50 bits per heavy atom. The maximum Gasteiger partial charge on any atom is 0.181 e. The molecule has 4 nitrogen and oxygen atoms in total. The molecule has 0 unspecified atom stereocenters. The van der Waals surface area contributed by atoms with E-state index in [-0.39, 0.29) is 22.2 Å². The molecule has 0 saturated heterocycles. The van der Waals surface area contributed by atoms with Gasteiger partial charge in [-0.3, -0.25) is 0 Å². The first-order chi connectivity index (χ1) is 6.60. The van der Waals surface area contributed by atoms with E-state index >= 15 is 0 Å². The molecule has 0 fully saturated rings. The Kier molecular flexibility index (Phi) is 3.44. The van der Waals surface area contributed by atoms with Crippen LogP contribution in [-0.2, 0) is 9.84 Å². The number of alkyl halides is 1. The molecule has 0 atom stereocenters. The van der Waals surface area contributed by atoms with Gasteiger partial charge in [0.05, 0.1) is 10.6 Å². The average Bonchev–Trinajstić information content (AvgIpc) is 2.18. The Labute approximate surface area is 87.1 Å². The number of sulfone groups is 1. The van der Waals surface area contributed by atoms with E-state index in [4.69, 9.17) is 16.9 Å². The van der Waals surface area contributed by atoms with Crippen molar-refractivity contribution in [3.8, 4) is 6.07 Å². The molecule has 74 valence electrons. The van der Waals surface area contributed by atoms with Gasteiger partial charge in [0.1, 0.15) is 11.8 Å². The summed E-state index contributed by atoms with van der Waals surface area (Å²) in [4.78, 5) is 3.76. The van der Waals surface area contributed by atoms with E-state index in [2.05, 4.69) is 4.98 Å². The summed E-state index contributed by atoms with van der Waals surface area (Å²) in [5.74, 6) is -0.0789. The molecular weight excluding hydrogens is 224 g/mol. The molecular formula is C8H7ClN2O2S. The lowest BCUT2D eigenvalue weighted by molar-refractivity contribution is 0.597. The van der Waals surface area contributed by atoms with E-state index in [0.717, 1.165) is 0 Å². The van der Waals surface area contributed by atoms with E-state index in [0.29, 0.717) is 0 Å². The molecule has 0 aliphatic heterocycles. The van der Waals surface area contributed by atoms with Crippen LogP contribution in [0.2, 0.25) is 0 Å². The standard InChI is InChI=1S/C8H7ClN2O2S/c9-3-4-14(12,13)8-2-1-7(5-10)11-6-8/h1-2,6H,3-4H2. The smallest absolute Gasteiger partial charge is 0.181 e. The molecule has 0 saturated carbocycles. The molecule has 0 bridgehead atoms. The SMILES string of the molecule is N#Cc1ccc(S(=O)(=O)CCCl)cn1. The zero-order valence-corrected chi connectivity index (χ0v) is 8.72. The third-order valence-electron chi connectivity index (χ3n) is 1.56. The van der Waals surface area contributed by atoms with Crippen LogP contribution in [0.4, 0.5) is 0 Å². The van der Waals surface area contributed by atoms with E-state index in [1.54, 1.807) is 6.07 Å². The highest BCUT2D eigenvalue weighted by atomic mass is 35.5. The minimum Gasteiger partial charge on any atom is -0.244 e. The molecule has 1 heterocycles. The second-order valence-corrected chi connectivity index (χ2v) is 4.99. The number of hydrogen-bond acceptors (Lipinski definition) is 4. The Hall–Kier alpha value is -1.12. The highest BCUT2D eigenvalue weighted by Gasteiger charge is 2.13. The monoisotopic (exact) mass is 230 g/mol. The molecule has 14 heavy (non-hydrogen) atoms. The summed E-state index contributed by atoms with van der Waals surface area (Å²) in [6, 6.07) is 4.52. The normalized spacial score (nSPS) is 10.9. The lowest BCUT2D eigenvalue weighted by atomic mass is 10.4. The van der Waals surface area contributed by atoms with Crippen LogP contribution in [0, 0.1) is 11.3 Å². The molecule has 6 heteroatoms. The predicted octanol–water partition coefficient (Wildman–Crippen LogP) is 0.966. The second-order valence-electron chi connectivity index (χ2n) is 2.50. The molecule has 0 spiro atoms. The third-order valence-corrected chi connectivity index (χ3v) is 3.67. The molecule has 1 rings (SSSR count). The minimum absolute atomic E-state index is 0.0440. The van der Waals surface area contributed by atoms with Gasteiger partial charge in [0.15, 0.2) is 9.84 Å². The fraction of sp³-hybridized carbons (Fsp3) is 0.250. The summed E-state index contributed by atoms with van der Waals surface area (Å²) in [5.41, 5.74) is 0.190. The summed E-state index contributed by atoms with van der Waals surface area (Å²) in [6.07, 6.45) is 1.17. The largest absolute Gasteiger partial charge is 0.244 e. The van der Waals surface area contributed by atoms with Crippen molar-refractivity contribution in [2.75, 3.05) is 11.6 Å². The minimum atomic E-state index is -3.34. The molecule has 0 aliphatic rings. The zero-order chi connectivity index (χ0) is 10.6. The molecule has 1 aromatic heterocycles. The summed E-state index contributed by atoms with van der Waals surface area (Å²) in [6.45, 7) is 0. The molecule has 0 aromatic carbocycles. The van der Waals surface area contributed by atoms with Crippen LogP contribution in [-0.4, -0.2) is 25.0 Å². The number of nitrogens with zero attached hydrogens (tertiary/aromatic N) is 2. The first-order valence-electron chi connectivity index (χ1n) is 3.75. The van der Waals surface area contributed by atoms with Crippen molar-refractivity contribution in [1.29, 1.82) is 5.26 Å². The van der Waals surface area contributed by atoms with Crippen molar-refractivity contribution in [2.24, 2.45) is 0 Å². The zero-order valence-electron chi connectivity index (χ0n) is 7.14. The highest BCUT2D eigenvalue weighted by Crippen LogP contribution is 2.10. The van der Waals surface area contributed by atoms with Crippen LogP contribution in [0.3, 0.4) is 0 Å². The van der Waals surface area contributed by atoms with Crippen molar-refractivity contribution in [3.63, 3.8) is 0 Å². The summed E-state index contributed by atoms with van der Waals surface area (Å²) in [5, 5.41) is 8.45. The van der Waals surface area contributed by atoms with Gasteiger partial charge in [-0.05, 0) is 12.1 Å². The molecule has 0 amide bonds. The van der Waals surface area contributed by atoms with Gasteiger partial charge in [0.25, 0.3) is 0 Å². The average molecular weight is 231 g/mol. The van der Waals surface area contributed by atoms with Gasteiger partial charge in [-0.2, -0.15) is 5.26 Å². The maximum absolute atomic E-state index is 11.4. The van der Waals surface area contributed by atoms with Crippen molar-refractivity contribution in [1.82, 2.24) is 4.98 Å². The van der Waals surface area contributed by atoms with E-state index in [1.165, 1.54) is 18.3 Å².